The maximum Gasteiger partial charge on any atom is 0.303 e. The van der Waals surface area contributed by atoms with Crippen LogP contribution >= 0.6 is 0 Å². The predicted molar refractivity (Wildman–Crippen MR) is 88.4 cm³/mol. The van der Waals surface area contributed by atoms with Crippen LogP contribution in [0.3, 0.4) is 0 Å². The molecule has 0 amide bonds. The van der Waals surface area contributed by atoms with E-state index < -0.39 is 5.97 Å². The highest BCUT2D eigenvalue weighted by molar-refractivity contribution is 5.66. The molecule has 0 saturated heterocycles. The summed E-state index contributed by atoms with van der Waals surface area (Å²) in [6, 6.07) is 0. The lowest BCUT2D eigenvalue weighted by Gasteiger charge is -2.04. The summed E-state index contributed by atoms with van der Waals surface area (Å²) in [5.74, 6) is -0.690. The molecular formula is C18H32O3. The van der Waals surface area contributed by atoms with Gasteiger partial charge in [-0.3, -0.25) is 4.79 Å². The molecule has 0 aliphatic carbocycles. The van der Waals surface area contributed by atoms with E-state index in [0.29, 0.717) is 6.42 Å². The zero-order valence-electron chi connectivity index (χ0n) is 13.5. The summed E-state index contributed by atoms with van der Waals surface area (Å²) >= 11 is 0. The summed E-state index contributed by atoms with van der Waals surface area (Å²) in [4.78, 5) is 10.3. The molecule has 0 rings (SSSR count). The zero-order valence-corrected chi connectivity index (χ0v) is 13.5. The molecule has 1 atom stereocenters. The van der Waals surface area contributed by atoms with Gasteiger partial charge in [-0.2, -0.15) is 0 Å². The Morgan fingerprint density at radius 3 is 2.33 bits per heavy atom. The van der Waals surface area contributed by atoms with Crippen LogP contribution in [0.1, 0.15) is 77.6 Å². The van der Waals surface area contributed by atoms with E-state index in [1.807, 2.05) is 0 Å². The predicted octanol–water partition coefficient (Wildman–Crippen LogP) is 4.86. The van der Waals surface area contributed by atoms with Crippen molar-refractivity contribution in [3.05, 3.63) is 24.3 Å². The van der Waals surface area contributed by atoms with E-state index in [-0.39, 0.29) is 6.10 Å². The van der Waals surface area contributed by atoms with Gasteiger partial charge < -0.3 is 10.2 Å². The van der Waals surface area contributed by atoms with Crippen molar-refractivity contribution < 1.29 is 15.0 Å². The van der Waals surface area contributed by atoms with Crippen LogP contribution in [0.2, 0.25) is 0 Å². The number of rotatable bonds is 14. The zero-order chi connectivity index (χ0) is 15.8. The second-order valence-electron chi connectivity index (χ2n) is 5.52. The Bertz CT molecular complexity index is 295. The van der Waals surface area contributed by atoms with Crippen LogP contribution in [-0.2, 0) is 4.79 Å². The molecule has 0 aliphatic rings. The number of carboxylic acids is 1. The third-order valence-corrected chi connectivity index (χ3v) is 3.41. The van der Waals surface area contributed by atoms with Crippen molar-refractivity contribution >= 4 is 5.97 Å². The molecule has 0 aromatic carbocycles. The molecule has 0 aliphatic heterocycles. The van der Waals surface area contributed by atoms with Crippen LogP contribution in [-0.4, -0.2) is 22.3 Å². The van der Waals surface area contributed by atoms with Crippen molar-refractivity contribution in [1.29, 1.82) is 0 Å². The van der Waals surface area contributed by atoms with E-state index in [4.69, 9.17) is 5.11 Å². The molecule has 0 aromatic heterocycles. The summed E-state index contributed by atoms with van der Waals surface area (Å²) in [7, 11) is 0. The first-order valence-electron chi connectivity index (χ1n) is 8.36. The number of aliphatic hydroxyl groups is 1. The largest absolute Gasteiger partial charge is 0.481 e. The lowest BCUT2D eigenvalue weighted by Crippen LogP contribution is -2.03. The van der Waals surface area contributed by atoms with Gasteiger partial charge in [-0.05, 0) is 44.9 Å². The maximum absolute atomic E-state index is 10.3. The summed E-state index contributed by atoms with van der Waals surface area (Å²) < 4.78 is 0. The normalized spacial score (nSPS) is 13.2. The van der Waals surface area contributed by atoms with Gasteiger partial charge in [0.05, 0.1) is 6.10 Å². The quantitative estimate of drug-likeness (QED) is 0.355. The van der Waals surface area contributed by atoms with Crippen LogP contribution in [0.25, 0.3) is 0 Å². The highest BCUT2D eigenvalue weighted by atomic mass is 16.4. The van der Waals surface area contributed by atoms with E-state index in [2.05, 4.69) is 31.2 Å². The van der Waals surface area contributed by atoms with Crippen LogP contribution in [0.5, 0.6) is 0 Å². The van der Waals surface area contributed by atoms with Crippen molar-refractivity contribution in [3.63, 3.8) is 0 Å². The van der Waals surface area contributed by atoms with E-state index in [1.165, 1.54) is 12.8 Å². The second kappa shape index (κ2) is 15.3. The topological polar surface area (TPSA) is 57.5 Å². The molecular weight excluding hydrogens is 264 g/mol. The van der Waals surface area contributed by atoms with Gasteiger partial charge in [0, 0.05) is 6.42 Å². The minimum absolute atomic E-state index is 0.216. The number of aliphatic carboxylic acids is 1. The summed E-state index contributed by atoms with van der Waals surface area (Å²) in [5.41, 5.74) is 0. The van der Waals surface area contributed by atoms with Crippen molar-refractivity contribution in [2.75, 3.05) is 0 Å². The number of allylic oxidation sites excluding steroid dienone is 3. The van der Waals surface area contributed by atoms with Crippen LogP contribution in [0, 0.1) is 0 Å². The smallest absolute Gasteiger partial charge is 0.303 e. The number of hydrogen-bond acceptors (Lipinski definition) is 2. The number of unbranched alkanes of at least 4 members (excludes halogenated alkanes) is 5. The van der Waals surface area contributed by atoms with Gasteiger partial charge >= 0.3 is 5.97 Å². The van der Waals surface area contributed by atoms with E-state index >= 15 is 0 Å². The SMILES string of the molecule is CC/C=C/CC(O)CC/C=C/CCCCCCCC(=O)O. The Morgan fingerprint density at radius 1 is 0.952 bits per heavy atom. The molecule has 3 nitrogen and oxygen atoms in total. The lowest BCUT2D eigenvalue weighted by atomic mass is 10.1. The van der Waals surface area contributed by atoms with E-state index in [1.54, 1.807) is 0 Å². The minimum atomic E-state index is -0.690. The number of aliphatic hydroxyl groups excluding tert-OH is 1. The fourth-order valence-corrected chi connectivity index (χ4v) is 2.13. The van der Waals surface area contributed by atoms with Gasteiger partial charge in [0.1, 0.15) is 0 Å². The van der Waals surface area contributed by atoms with Crippen molar-refractivity contribution in [2.24, 2.45) is 0 Å². The molecule has 21 heavy (non-hydrogen) atoms. The third kappa shape index (κ3) is 16.9. The van der Waals surface area contributed by atoms with Crippen molar-refractivity contribution in [2.45, 2.75) is 83.7 Å². The molecule has 0 heterocycles. The molecule has 0 aromatic rings. The number of carbonyl (C=O) groups is 1. The van der Waals surface area contributed by atoms with Crippen molar-refractivity contribution in [3.8, 4) is 0 Å². The van der Waals surface area contributed by atoms with Gasteiger partial charge in [-0.25, -0.2) is 0 Å². The first-order chi connectivity index (χ1) is 10.2. The molecule has 122 valence electrons. The molecule has 0 saturated carbocycles. The van der Waals surface area contributed by atoms with Gasteiger partial charge in [-0.15, -0.1) is 0 Å². The van der Waals surface area contributed by atoms with Crippen LogP contribution in [0.4, 0.5) is 0 Å². The third-order valence-electron chi connectivity index (χ3n) is 3.41. The number of carboxylic acid groups (broad SMARTS) is 1. The molecule has 3 heteroatoms. The van der Waals surface area contributed by atoms with Crippen LogP contribution < -0.4 is 0 Å². The Hall–Kier alpha value is -1.09. The highest BCUT2D eigenvalue weighted by Gasteiger charge is 1.99. The fourth-order valence-electron chi connectivity index (χ4n) is 2.13. The summed E-state index contributed by atoms with van der Waals surface area (Å²) in [5, 5.41) is 18.2. The Morgan fingerprint density at radius 2 is 1.62 bits per heavy atom. The standard InChI is InChI=1S/C18H32O3/c1-2-3-11-14-17(19)15-12-9-7-5-4-6-8-10-13-16-18(20)21/h3,7,9,11,17,19H,2,4-6,8,10,12-16H2,1H3,(H,20,21)/b9-7+,11-3+. The van der Waals surface area contributed by atoms with Gasteiger partial charge in [0.15, 0.2) is 0 Å². The second-order valence-corrected chi connectivity index (χ2v) is 5.52. The average molecular weight is 296 g/mol. The molecule has 1 unspecified atom stereocenters. The molecule has 0 radical (unpaired) electrons. The number of hydrogen-bond donors (Lipinski definition) is 2. The molecule has 2 N–H and O–H groups in total. The van der Waals surface area contributed by atoms with Gasteiger partial charge in [-0.1, -0.05) is 50.5 Å². The fraction of sp³-hybridized carbons (Fsp3) is 0.722. The van der Waals surface area contributed by atoms with Gasteiger partial charge in [0.25, 0.3) is 0 Å². The van der Waals surface area contributed by atoms with Crippen molar-refractivity contribution in [1.82, 2.24) is 0 Å². The van der Waals surface area contributed by atoms with E-state index in [0.717, 1.165) is 51.4 Å². The highest BCUT2D eigenvalue weighted by Crippen LogP contribution is 2.09. The molecule has 0 fully saturated rings. The lowest BCUT2D eigenvalue weighted by molar-refractivity contribution is -0.137. The molecule has 0 bridgehead atoms. The Labute approximate surface area is 129 Å². The summed E-state index contributed by atoms with van der Waals surface area (Å²) in [6.45, 7) is 2.10. The maximum atomic E-state index is 10.3. The first-order valence-corrected chi connectivity index (χ1v) is 8.36. The first kappa shape index (κ1) is 19.9. The Kier molecular flexibility index (Phi) is 14.5. The Balaban J connectivity index is 3.29. The van der Waals surface area contributed by atoms with Crippen LogP contribution in [0.15, 0.2) is 24.3 Å². The average Bonchev–Trinajstić information content (AvgIpc) is 2.44. The minimum Gasteiger partial charge on any atom is -0.481 e. The van der Waals surface area contributed by atoms with Gasteiger partial charge in [0.2, 0.25) is 0 Å². The van der Waals surface area contributed by atoms with E-state index in [9.17, 15) is 9.90 Å². The molecule has 0 spiro atoms. The summed E-state index contributed by atoms with van der Waals surface area (Å²) in [6.07, 6.45) is 18.6. The monoisotopic (exact) mass is 296 g/mol.